The van der Waals surface area contributed by atoms with E-state index in [9.17, 15) is 10.2 Å². The topological polar surface area (TPSA) is 40.5 Å². The van der Waals surface area contributed by atoms with Crippen LogP contribution in [0.5, 0.6) is 11.5 Å². The third-order valence-electron chi connectivity index (χ3n) is 4.14. The van der Waals surface area contributed by atoms with Gasteiger partial charge in [-0.3, -0.25) is 0 Å². The minimum absolute atomic E-state index is 0. The number of hydrogen-bond donors (Lipinski definition) is 2. The number of phenols is 2. The largest absolute Gasteiger partial charge is 0.507 e. The molecule has 2 nitrogen and oxygen atoms in total. The Morgan fingerprint density at radius 3 is 1.45 bits per heavy atom. The van der Waals surface area contributed by atoms with Gasteiger partial charge >= 0.3 is 0 Å². The van der Waals surface area contributed by atoms with Gasteiger partial charge in [0.15, 0.2) is 0 Å². The Morgan fingerprint density at radius 2 is 1.05 bits per heavy atom. The molecule has 0 amide bonds. The molecule has 1 rings (SSSR count). The van der Waals surface area contributed by atoms with Gasteiger partial charge in [-0.15, -0.1) is 26.2 Å². The Balaban J connectivity index is 0.00000441. The van der Waals surface area contributed by atoms with Gasteiger partial charge in [0.25, 0.3) is 0 Å². The van der Waals surface area contributed by atoms with Crippen molar-refractivity contribution < 1.29 is 10.2 Å². The minimum Gasteiger partial charge on any atom is -0.507 e. The van der Waals surface area contributed by atoms with Crippen molar-refractivity contribution in [1.29, 1.82) is 0 Å². The number of benzene rings is 1. The fraction of sp³-hybridized carbons (Fsp3) is 0.667. The van der Waals surface area contributed by atoms with Gasteiger partial charge in [-0.2, -0.15) is 0 Å². The van der Waals surface area contributed by atoms with Gasteiger partial charge in [0.2, 0.25) is 0 Å². The lowest BCUT2D eigenvalue weighted by Gasteiger charge is -2.20. The summed E-state index contributed by atoms with van der Waals surface area (Å²) >= 11 is 0. The third-order valence-corrected chi connectivity index (χ3v) is 4.76. The second-order valence-corrected chi connectivity index (χ2v) is 6.43. The molecular weight excluding hydrogens is 359 g/mol. The lowest BCUT2D eigenvalue weighted by atomic mass is 9.91. The van der Waals surface area contributed by atoms with Crippen LogP contribution in [-0.4, -0.2) is 10.2 Å². The number of phenolic OH excluding ortho intramolecular Hbond substituents is 2. The molecule has 1 unspecified atom stereocenters. The molecule has 128 valence electrons. The van der Waals surface area contributed by atoms with E-state index in [1.807, 2.05) is 0 Å². The summed E-state index contributed by atoms with van der Waals surface area (Å²) in [7, 11) is 2.63. The van der Waals surface area contributed by atoms with E-state index in [1.54, 1.807) is 0 Å². The average Bonchev–Trinajstić information content (AvgIpc) is 2.48. The minimum atomic E-state index is 0. The normalized spacial score (nSPS) is 10.5. The van der Waals surface area contributed by atoms with Crippen LogP contribution < -0.4 is 5.30 Å². The summed E-state index contributed by atoms with van der Waals surface area (Å²) in [5.41, 5.74) is 2.87. The van der Waals surface area contributed by atoms with Crippen molar-refractivity contribution >= 4 is 31.5 Å². The first-order valence-electron chi connectivity index (χ1n) is 8.42. The van der Waals surface area contributed by atoms with Crippen LogP contribution in [0.1, 0.15) is 76.0 Å². The van der Waals surface area contributed by atoms with Gasteiger partial charge in [-0.05, 0) is 38.5 Å². The highest BCUT2D eigenvalue weighted by Crippen LogP contribution is 2.36. The number of hydrogen-bond acceptors (Lipinski definition) is 2. The molecule has 0 aliphatic rings. The lowest BCUT2D eigenvalue weighted by molar-refractivity contribution is 0.443. The molecule has 0 aliphatic carbocycles. The summed E-state index contributed by atoms with van der Waals surface area (Å²) in [6, 6.07) is 0. The van der Waals surface area contributed by atoms with Crippen molar-refractivity contribution in [1.82, 2.24) is 0 Å². The Bertz CT molecular complexity index is 461. The third kappa shape index (κ3) is 5.42. The quantitative estimate of drug-likeness (QED) is 0.449. The first-order chi connectivity index (χ1) is 10.1. The van der Waals surface area contributed by atoms with Gasteiger partial charge < -0.3 is 10.2 Å². The zero-order chi connectivity index (χ0) is 15.8. The molecule has 0 heterocycles. The van der Waals surface area contributed by atoms with Gasteiger partial charge in [0.1, 0.15) is 11.5 Å². The molecule has 22 heavy (non-hydrogen) atoms. The molecule has 0 spiro atoms. The summed E-state index contributed by atoms with van der Waals surface area (Å²) in [6.07, 6.45) is 8.96. The predicted molar refractivity (Wildman–Crippen MR) is 105 cm³/mol. The van der Waals surface area contributed by atoms with Crippen LogP contribution in [0.2, 0.25) is 0 Å². The van der Waals surface area contributed by atoms with E-state index < -0.39 is 0 Å². The van der Waals surface area contributed by atoms with E-state index in [1.165, 1.54) is 0 Å². The van der Waals surface area contributed by atoms with Crippen molar-refractivity contribution in [3.05, 3.63) is 16.7 Å². The van der Waals surface area contributed by atoms with Crippen LogP contribution in [0.15, 0.2) is 0 Å². The fourth-order valence-electron chi connectivity index (χ4n) is 2.75. The maximum atomic E-state index is 10.7. The summed E-state index contributed by atoms with van der Waals surface area (Å²) < 4.78 is 0. The second kappa shape index (κ2) is 11.3. The Kier molecular flexibility index (Phi) is 11.2. The molecule has 2 N–H and O–H groups in total. The van der Waals surface area contributed by atoms with Gasteiger partial charge in [-0.1, -0.05) is 40.0 Å². The second-order valence-electron chi connectivity index (χ2n) is 5.86. The van der Waals surface area contributed by atoms with Crippen LogP contribution in [-0.2, 0) is 19.3 Å². The van der Waals surface area contributed by atoms with E-state index in [-0.39, 0.29) is 17.0 Å². The predicted octanol–water partition coefficient (Wildman–Crippen LogP) is 5.20. The Hall–Kier alpha value is -0.270. The van der Waals surface area contributed by atoms with Crippen molar-refractivity contribution in [2.24, 2.45) is 0 Å². The van der Waals surface area contributed by atoms with Gasteiger partial charge in [-0.25, -0.2) is 0 Å². The molecule has 1 aromatic carbocycles. The first kappa shape index (κ1) is 21.7. The molecule has 0 aromatic heterocycles. The van der Waals surface area contributed by atoms with E-state index in [2.05, 4.69) is 30.0 Å². The lowest BCUT2D eigenvalue weighted by Crippen LogP contribution is -2.10. The van der Waals surface area contributed by atoms with Crippen LogP contribution in [0.3, 0.4) is 0 Å². The zero-order valence-corrected chi connectivity index (χ0v) is 17.1. The van der Waals surface area contributed by atoms with E-state index >= 15 is 0 Å². The van der Waals surface area contributed by atoms with Crippen molar-refractivity contribution in [3.8, 4) is 11.5 Å². The van der Waals surface area contributed by atoms with Crippen molar-refractivity contribution in [2.75, 3.05) is 0 Å². The molecule has 0 bridgehead atoms. The summed E-state index contributed by atoms with van der Waals surface area (Å²) in [4.78, 5) is 0. The van der Waals surface area contributed by atoms with Crippen molar-refractivity contribution in [2.45, 2.75) is 78.6 Å². The number of rotatable bonds is 9. The maximum Gasteiger partial charge on any atom is 0.126 e. The van der Waals surface area contributed by atoms with E-state index in [0.717, 1.165) is 79.8 Å². The standard InChI is InChI=1S/C18H31O2P.BrH/c1-4-7-10-13-14(11-8-5-2)17(20)18(21)15(16(13)19)12-9-6-3;/h19-20H,4-12,21H2,1-3H3;1H. The molecule has 4 heteroatoms. The van der Waals surface area contributed by atoms with Gasteiger partial charge in [0, 0.05) is 22.0 Å². The smallest absolute Gasteiger partial charge is 0.126 e. The maximum absolute atomic E-state index is 10.7. The summed E-state index contributed by atoms with van der Waals surface area (Å²) in [6.45, 7) is 6.46. The average molecular weight is 391 g/mol. The molecule has 0 saturated heterocycles. The van der Waals surface area contributed by atoms with Crippen LogP contribution in [0, 0.1) is 0 Å². The summed E-state index contributed by atoms with van der Waals surface area (Å²) in [5.74, 6) is 0.828. The monoisotopic (exact) mass is 390 g/mol. The fourth-order valence-corrected chi connectivity index (χ4v) is 3.21. The molecule has 0 saturated carbocycles. The summed E-state index contributed by atoms with van der Waals surface area (Å²) in [5, 5.41) is 22.1. The van der Waals surface area contributed by atoms with E-state index in [4.69, 9.17) is 0 Å². The van der Waals surface area contributed by atoms with Gasteiger partial charge in [0.05, 0.1) is 0 Å². The SMILES string of the molecule is Br.CCCCc1c(O)c(CCCC)c(CCCC)c(O)c1P. The number of unbranched alkanes of at least 4 members (excludes halogenated alkanes) is 3. The zero-order valence-electron chi connectivity index (χ0n) is 14.2. The molecular formula is C18H32BrO2P. The molecule has 0 radical (unpaired) electrons. The molecule has 0 fully saturated rings. The molecule has 1 aromatic rings. The molecule has 0 aliphatic heterocycles. The highest BCUT2D eigenvalue weighted by Gasteiger charge is 2.20. The number of aromatic hydroxyl groups is 2. The van der Waals surface area contributed by atoms with Crippen LogP contribution >= 0.6 is 26.2 Å². The van der Waals surface area contributed by atoms with Crippen LogP contribution in [0.25, 0.3) is 0 Å². The molecule has 1 atom stereocenters. The number of halogens is 1. The van der Waals surface area contributed by atoms with Crippen molar-refractivity contribution in [3.63, 3.8) is 0 Å². The highest BCUT2D eigenvalue weighted by molar-refractivity contribution is 8.93. The first-order valence-corrected chi connectivity index (χ1v) is 9.00. The van der Waals surface area contributed by atoms with E-state index in [0.29, 0.717) is 11.5 Å². The Morgan fingerprint density at radius 1 is 0.682 bits per heavy atom. The highest BCUT2D eigenvalue weighted by atomic mass is 79.9. The Labute approximate surface area is 148 Å². The van der Waals surface area contributed by atoms with Crippen LogP contribution in [0.4, 0.5) is 0 Å².